The topological polar surface area (TPSA) is 78.4 Å². The van der Waals surface area contributed by atoms with Crippen LogP contribution in [0.2, 0.25) is 0 Å². The Morgan fingerprint density at radius 1 is 1.59 bits per heavy atom. The summed E-state index contributed by atoms with van der Waals surface area (Å²) in [5.41, 5.74) is 7.18. The van der Waals surface area contributed by atoms with Crippen LogP contribution in [0.4, 0.5) is 5.69 Å². The molecule has 0 bridgehead atoms. The monoisotopic (exact) mass is 276 g/mol. The highest BCUT2D eigenvalue weighted by Crippen LogP contribution is 2.24. The Morgan fingerprint density at radius 3 is 2.82 bits per heavy atom. The van der Waals surface area contributed by atoms with Gasteiger partial charge in [-0.3, -0.25) is 10.1 Å². The fraction of sp³-hybridized carbons (Fsp3) is 0.200. The van der Waals surface area contributed by atoms with Gasteiger partial charge in [0.2, 0.25) is 0 Å². The van der Waals surface area contributed by atoms with Crippen LogP contribution in [0.15, 0.2) is 28.8 Å². The van der Waals surface area contributed by atoms with Crippen LogP contribution in [0.3, 0.4) is 0 Å². The molecule has 1 aromatic carbocycles. The van der Waals surface area contributed by atoms with Gasteiger partial charge in [0.05, 0.1) is 9.96 Å². The molecule has 7 heteroatoms. The van der Waals surface area contributed by atoms with Crippen LogP contribution in [0.25, 0.3) is 0 Å². The van der Waals surface area contributed by atoms with Crippen LogP contribution in [-0.2, 0) is 6.54 Å². The number of hydrogen-bond donors (Lipinski definition) is 1. The number of nitrogens with two attached hydrogens (primary N) is 1. The Morgan fingerprint density at radius 2 is 2.29 bits per heavy atom. The zero-order valence-corrected chi connectivity index (χ0v) is 10.2. The number of ether oxygens (including phenoxy) is 1. The van der Waals surface area contributed by atoms with Crippen LogP contribution in [0, 0.1) is 10.1 Å². The van der Waals surface area contributed by atoms with Crippen molar-refractivity contribution in [3.63, 3.8) is 0 Å². The number of hydrogen-bond acceptors (Lipinski definition) is 4. The van der Waals surface area contributed by atoms with Gasteiger partial charge in [-0.2, -0.15) is 0 Å². The van der Waals surface area contributed by atoms with Crippen molar-refractivity contribution >= 4 is 28.9 Å². The van der Waals surface area contributed by atoms with E-state index < -0.39 is 4.92 Å². The maximum absolute atomic E-state index is 10.6. The molecule has 0 heterocycles. The number of rotatable bonds is 5. The fourth-order valence-corrected chi connectivity index (χ4v) is 1.28. The average molecular weight is 277 g/mol. The van der Waals surface area contributed by atoms with Crippen LogP contribution in [0.1, 0.15) is 5.56 Å². The first-order valence-electron chi connectivity index (χ1n) is 4.63. The van der Waals surface area contributed by atoms with E-state index in [0.717, 1.165) is 0 Å². The van der Waals surface area contributed by atoms with Crippen molar-refractivity contribution in [3.8, 4) is 5.75 Å². The summed E-state index contributed by atoms with van der Waals surface area (Å²) < 4.78 is 5.33. The molecule has 0 radical (unpaired) electrons. The minimum Gasteiger partial charge on any atom is -0.488 e. The second-order valence-electron chi connectivity index (χ2n) is 3.10. The normalized spacial score (nSPS) is 11.4. The van der Waals surface area contributed by atoms with Gasteiger partial charge in [-0.1, -0.05) is 23.2 Å². The van der Waals surface area contributed by atoms with E-state index in [1.165, 1.54) is 23.7 Å². The molecular formula is C10H10Cl2N2O3. The number of nitro benzene ring substituents is 1. The zero-order valence-electron chi connectivity index (χ0n) is 8.73. The number of benzene rings is 1. The molecule has 0 aliphatic rings. The summed E-state index contributed by atoms with van der Waals surface area (Å²) >= 11 is 11.0. The van der Waals surface area contributed by atoms with Gasteiger partial charge in [0.1, 0.15) is 12.4 Å². The van der Waals surface area contributed by atoms with Crippen LogP contribution in [-0.4, -0.2) is 11.5 Å². The van der Waals surface area contributed by atoms with Crippen LogP contribution >= 0.6 is 23.2 Å². The highest BCUT2D eigenvalue weighted by Gasteiger charge is 2.10. The van der Waals surface area contributed by atoms with Crippen molar-refractivity contribution in [1.82, 2.24) is 0 Å². The molecule has 0 aromatic heterocycles. The molecule has 0 saturated carbocycles. The van der Waals surface area contributed by atoms with E-state index in [1.54, 1.807) is 0 Å². The molecule has 1 aromatic rings. The third-order valence-corrected chi connectivity index (χ3v) is 2.55. The summed E-state index contributed by atoms with van der Waals surface area (Å²) in [5, 5.41) is 10.9. The molecule has 2 N–H and O–H groups in total. The highest BCUT2D eigenvalue weighted by molar-refractivity contribution is 6.36. The van der Waals surface area contributed by atoms with E-state index in [0.29, 0.717) is 16.3 Å². The molecule has 0 spiro atoms. The van der Waals surface area contributed by atoms with E-state index in [2.05, 4.69) is 0 Å². The second kappa shape index (κ2) is 6.44. The van der Waals surface area contributed by atoms with E-state index in [-0.39, 0.29) is 18.8 Å². The molecule has 0 aliphatic carbocycles. The smallest absolute Gasteiger partial charge is 0.270 e. The Labute approximate surface area is 108 Å². The van der Waals surface area contributed by atoms with E-state index >= 15 is 0 Å². The fourth-order valence-electron chi connectivity index (χ4n) is 1.16. The lowest BCUT2D eigenvalue weighted by atomic mass is 10.2. The molecule has 0 saturated heterocycles. The predicted octanol–water partition coefficient (Wildman–Crippen LogP) is 2.75. The van der Waals surface area contributed by atoms with Gasteiger partial charge in [0, 0.05) is 29.8 Å². The molecular weight excluding hydrogens is 267 g/mol. The molecule has 0 amide bonds. The van der Waals surface area contributed by atoms with Crippen LogP contribution < -0.4 is 10.5 Å². The second-order valence-corrected chi connectivity index (χ2v) is 3.80. The summed E-state index contributed by atoms with van der Waals surface area (Å²) in [6.07, 6.45) is 0. The first-order chi connectivity index (χ1) is 8.08. The Balaban J connectivity index is 2.89. The Bertz CT molecular complexity index is 449. The van der Waals surface area contributed by atoms with Gasteiger partial charge in [0.15, 0.2) is 0 Å². The van der Waals surface area contributed by atoms with E-state index in [1.807, 2.05) is 0 Å². The van der Waals surface area contributed by atoms with E-state index in [4.69, 9.17) is 33.7 Å². The van der Waals surface area contributed by atoms with Crippen molar-refractivity contribution < 1.29 is 9.66 Å². The average Bonchev–Trinajstić information content (AvgIpc) is 2.35. The molecule has 92 valence electrons. The third kappa shape index (κ3) is 3.89. The van der Waals surface area contributed by atoms with Crippen molar-refractivity contribution in [1.29, 1.82) is 0 Å². The molecule has 1 rings (SSSR count). The maximum Gasteiger partial charge on any atom is 0.270 e. The van der Waals surface area contributed by atoms with Gasteiger partial charge >= 0.3 is 0 Å². The van der Waals surface area contributed by atoms with Crippen molar-refractivity contribution in [2.75, 3.05) is 6.61 Å². The summed E-state index contributed by atoms with van der Waals surface area (Å²) in [7, 11) is 0. The molecule has 5 nitrogen and oxygen atoms in total. The summed E-state index contributed by atoms with van der Waals surface area (Å²) in [5.74, 6) is 0.453. The lowest BCUT2D eigenvalue weighted by molar-refractivity contribution is -0.384. The maximum atomic E-state index is 10.6. The number of halogens is 2. The quantitative estimate of drug-likeness (QED) is 0.663. The third-order valence-electron chi connectivity index (χ3n) is 1.96. The van der Waals surface area contributed by atoms with Crippen LogP contribution in [0.5, 0.6) is 5.75 Å². The lowest BCUT2D eigenvalue weighted by Crippen LogP contribution is -2.04. The van der Waals surface area contributed by atoms with Crippen molar-refractivity contribution in [2.45, 2.75) is 6.54 Å². The number of nitro groups is 1. The van der Waals surface area contributed by atoms with Gasteiger partial charge < -0.3 is 10.5 Å². The number of nitrogens with zero attached hydrogens (tertiary/aromatic N) is 1. The highest BCUT2D eigenvalue weighted by atomic mass is 35.5. The first kappa shape index (κ1) is 13.8. The molecule has 0 fully saturated rings. The Kier molecular flexibility index (Phi) is 5.21. The predicted molar refractivity (Wildman–Crippen MR) is 66.3 cm³/mol. The summed E-state index contributed by atoms with van der Waals surface area (Å²) in [6.45, 7) is 0.231. The molecule has 0 aliphatic heterocycles. The van der Waals surface area contributed by atoms with Gasteiger partial charge in [-0.15, -0.1) is 0 Å². The van der Waals surface area contributed by atoms with Gasteiger partial charge in [-0.05, 0) is 6.07 Å². The molecule has 17 heavy (non-hydrogen) atoms. The van der Waals surface area contributed by atoms with Crippen molar-refractivity contribution in [2.24, 2.45) is 5.73 Å². The summed E-state index contributed by atoms with van der Waals surface area (Å²) in [6, 6.07) is 4.19. The summed E-state index contributed by atoms with van der Waals surface area (Å²) in [4.78, 5) is 10.1. The van der Waals surface area contributed by atoms with Gasteiger partial charge in [-0.25, -0.2) is 0 Å². The number of non-ortho nitro benzene ring substituents is 1. The largest absolute Gasteiger partial charge is 0.488 e. The molecule has 0 atom stereocenters. The standard InChI is InChI=1S/C10H10Cl2N2O3/c11-4-8(12)6-17-10-2-1-9(14(15)16)3-7(10)5-13/h1-4H,5-6,13H2. The SMILES string of the molecule is NCc1cc([N+](=O)[O-])ccc1OCC(Cl)=CCl. The molecule has 0 unspecified atom stereocenters. The van der Waals surface area contributed by atoms with Crippen molar-refractivity contribution in [3.05, 3.63) is 44.4 Å². The minimum atomic E-state index is -0.491. The lowest BCUT2D eigenvalue weighted by Gasteiger charge is -2.09. The van der Waals surface area contributed by atoms with E-state index in [9.17, 15) is 10.1 Å². The minimum absolute atomic E-state index is 0.0308. The zero-order chi connectivity index (χ0) is 12.8. The first-order valence-corrected chi connectivity index (χ1v) is 5.45. The van der Waals surface area contributed by atoms with Gasteiger partial charge in [0.25, 0.3) is 5.69 Å². The Hall–Kier alpha value is -1.30.